The number of unbranched alkanes of at least 4 members (excludes halogenated alkanes) is 3. The molecule has 0 aromatic heterocycles. The van der Waals surface area contributed by atoms with Gasteiger partial charge in [-0.05, 0) is 57.9 Å². The number of aliphatic hydroxyl groups excluding tert-OH is 1. The Labute approximate surface area is 168 Å². The zero-order valence-electron chi connectivity index (χ0n) is 17.4. The molecule has 2 rings (SSSR count). The van der Waals surface area contributed by atoms with Crippen LogP contribution >= 0.6 is 0 Å². The highest BCUT2D eigenvalue weighted by Gasteiger charge is 2.23. The average molecular weight is 385 g/mol. The van der Waals surface area contributed by atoms with E-state index in [1.54, 1.807) is 24.3 Å². The number of carbonyl (C=O) groups is 1. The second kappa shape index (κ2) is 10.3. The molecule has 0 bridgehead atoms. The number of aliphatic hydroxyl groups is 1. The molecule has 1 unspecified atom stereocenters. The first-order valence-electron chi connectivity index (χ1n) is 10.1. The number of carbonyl (C=O) groups excluding carboxylic acids is 1. The second-order valence-electron chi connectivity index (χ2n) is 7.87. The molecule has 0 fully saturated rings. The first kappa shape index (κ1) is 22.0. The van der Waals surface area contributed by atoms with Crippen LogP contribution in [0.15, 0.2) is 48.5 Å². The Morgan fingerprint density at radius 3 is 2.25 bits per heavy atom. The largest absolute Gasteiger partial charge is 0.461 e. The highest BCUT2D eigenvalue weighted by Crippen LogP contribution is 2.24. The van der Waals surface area contributed by atoms with Gasteiger partial charge in [0.2, 0.25) is 6.29 Å². The highest BCUT2D eigenvalue weighted by atomic mass is 16.6. The summed E-state index contributed by atoms with van der Waals surface area (Å²) in [6, 6.07) is 14.2. The smallest absolute Gasteiger partial charge is 0.338 e. The lowest BCUT2D eigenvalue weighted by Gasteiger charge is -2.25. The van der Waals surface area contributed by atoms with Crippen LogP contribution in [0.3, 0.4) is 0 Å². The van der Waals surface area contributed by atoms with Crippen LogP contribution in [-0.4, -0.2) is 16.7 Å². The van der Waals surface area contributed by atoms with Crippen LogP contribution in [0.25, 0.3) is 0 Å². The van der Waals surface area contributed by atoms with Crippen molar-refractivity contribution in [3.05, 3.63) is 65.2 Å². The third-order valence-corrected chi connectivity index (χ3v) is 4.70. The van der Waals surface area contributed by atoms with Crippen molar-refractivity contribution in [3.63, 3.8) is 0 Å². The maximum absolute atomic E-state index is 12.4. The molecule has 4 heteroatoms. The molecule has 2 aromatic rings. The van der Waals surface area contributed by atoms with Crippen molar-refractivity contribution in [2.24, 2.45) is 0 Å². The summed E-state index contributed by atoms with van der Waals surface area (Å²) < 4.78 is 11.2. The standard InChI is InChI=1S/C24H32O4/c1-5-6-7-8-17-24(3,4)28-23(26)20-13-15-21(16-14-20)27-22(25)19-11-9-18(2)10-12-19/h9-16,22,25H,5-8,17H2,1-4H3. The number of hydrogen-bond donors (Lipinski definition) is 1. The third-order valence-electron chi connectivity index (χ3n) is 4.70. The predicted octanol–water partition coefficient (Wildman–Crippen LogP) is 5.97. The van der Waals surface area contributed by atoms with E-state index in [4.69, 9.17) is 9.47 Å². The van der Waals surface area contributed by atoms with E-state index in [2.05, 4.69) is 6.92 Å². The van der Waals surface area contributed by atoms with Crippen molar-refractivity contribution in [2.75, 3.05) is 0 Å². The first-order valence-corrected chi connectivity index (χ1v) is 10.1. The molecule has 152 valence electrons. The van der Waals surface area contributed by atoms with Crippen molar-refractivity contribution < 1.29 is 19.4 Å². The number of esters is 1. The van der Waals surface area contributed by atoms with Crippen molar-refractivity contribution in [1.29, 1.82) is 0 Å². The molecule has 0 aliphatic rings. The monoisotopic (exact) mass is 384 g/mol. The van der Waals surface area contributed by atoms with Gasteiger partial charge in [-0.3, -0.25) is 0 Å². The van der Waals surface area contributed by atoms with E-state index in [9.17, 15) is 9.90 Å². The van der Waals surface area contributed by atoms with E-state index in [1.807, 2.05) is 45.0 Å². The van der Waals surface area contributed by atoms with Crippen molar-refractivity contribution in [3.8, 4) is 5.75 Å². The lowest BCUT2D eigenvalue weighted by Crippen LogP contribution is -2.28. The molecule has 0 radical (unpaired) electrons. The van der Waals surface area contributed by atoms with E-state index in [0.29, 0.717) is 16.9 Å². The Morgan fingerprint density at radius 1 is 1.00 bits per heavy atom. The Morgan fingerprint density at radius 2 is 1.64 bits per heavy atom. The summed E-state index contributed by atoms with van der Waals surface area (Å²) in [4.78, 5) is 12.4. The van der Waals surface area contributed by atoms with Gasteiger partial charge < -0.3 is 14.6 Å². The molecule has 2 aromatic carbocycles. The number of rotatable bonds is 10. The van der Waals surface area contributed by atoms with Gasteiger partial charge in [-0.2, -0.15) is 0 Å². The number of ether oxygens (including phenoxy) is 2. The molecule has 4 nitrogen and oxygen atoms in total. The van der Waals surface area contributed by atoms with Gasteiger partial charge in [0.25, 0.3) is 0 Å². The summed E-state index contributed by atoms with van der Waals surface area (Å²) in [6.45, 7) is 8.07. The molecule has 0 spiro atoms. The van der Waals surface area contributed by atoms with Gasteiger partial charge in [0.1, 0.15) is 11.4 Å². The third kappa shape index (κ3) is 7.01. The van der Waals surface area contributed by atoms with E-state index in [-0.39, 0.29) is 5.97 Å². The Balaban J connectivity index is 1.90. The Kier molecular flexibility index (Phi) is 8.06. The minimum atomic E-state index is -1.06. The maximum atomic E-state index is 12.4. The zero-order chi connectivity index (χ0) is 20.6. The molecule has 28 heavy (non-hydrogen) atoms. The Bertz CT molecular complexity index is 732. The summed E-state index contributed by atoms with van der Waals surface area (Å²) in [7, 11) is 0. The molecule has 1 N–H and O–H groups in total. The van der Waals surface area contributed by atoms with Gasteiger partial charge in [-0.1, -0.05) is 56.0 Å². The van der Waals surface area contributed by atoms with Gasteiger partial charge in [-0.25, -0.2) is 4.79 Å². The van der Waals surface area contributed by atoms with Crippen LogP contribution in [0.5, 0.6) is 5.75 Å². The molecule has 0 heterocycles. The quantitative estimate of drug-likeness (QED) is 0.311. The Hall–Kier alpha value is -2.33. The van der Waals surface area contributed by atoms with Crippen molar-refractivity contribution in [1.82, 2.24) is 0 Å². The predicted molar refractivity (Wildman–Crippen MR) is 111 cm³/mol. The number of hydrogen-bond acceptors (Lipinski definition) is 4. The normalized spacial score (nSPS) is 12.5. The fourth-order valence-corrected chi connectivity index (χ4v) is 2.94. The molecular formula is C24H32O4. The van der Waals surface area contributed by atoms with E-state index >= 15 is 0 Å². The lowest BCUT2D eigenvalue weighted by molar-refractivity contribution is -0.0194. The van der Waals surface area contributed by atoms with E-state index in [0.717, 1.165) is 24.8 Å². The highest BCUT2D eigenvalue weighted by molar-refractivity contribution is 5.89. The molecule has 0 amide bonds. The molecular weight excluding hydrogens is 352 g/mol. The number of aryl methyl sites for hydroxylation is 1. The molecule has 0 saturated carbocycles. The number of benzene rings is 2. The van der Waals surface area contributed by atoms with Crippen LogP contribution in [0.4, 0.5) is 0 Å². The summed E-state index contributed by atoms with van der Waals surface area (Å²) in [5.74, 6) is 0.148. The summed E-state index contributed by atoms with van der Waals surface area (Å²) in [5.41, 5.74) is 1.78. The lowest BCUT2D eigenvalue weighted by atomic mass is 10.00. The zero-order valence-corrected chi connectivity index (χ0v) is 17.4. The topological polar surface area (TPSA) is 55.8 Å². The maximum Gasteiger partial charge on any atom is 0.338 e. The molecule has 0 aliphatic carbocycles. The SMILES string of the molecule is CCCCCCC(C)(C)OC(=O)c1ccc(OC(O)c2ccc(C)cc2)cc1. The van der Waals surface area contributed by atoms with Gasteiger partial charge >= 0.3 is 5.97 Å². The average Bonchev–Trinajstić information content (AvgIpc) is 2.66. The summed E-state index contributed by atoms with van der Waals surface area (Å²) in [5, 5.41) is 10.2. The van der Waals surface area contributed by atoms with Crippen LogP contribution < -0.4 is 4.74 Å². The van der Waals surface area contributed by atoms with Crippen molar-refractivity contribution in [2.45, 2.75) is 71.7 Å². The van der Waals surface area contributed by atoms with Gasteiger partial charge in [0.05, 0.1) is 5.56 Å². The minimum absolute atomic E-state index is 0.342. The fourth-order valence-electron chi connectivity index (χ4n) is 2.94. The van der Waals surface area contributed by atoms with Crippen molar-refractivity contribution >= 4 is 5.97 Å². The summed E-state index contributed by atoms with van der Waals surface area (Å²) in [6.07, 6.45) is 4.40. The fraction of sp³-hybridized carbons (Fsp3) is 0.458. The van der Waals surface area contributed by atoms with Gasteiger partial charge in [-0.15, -0.1) is 0 Å². The minimum Gasteiger partial charge on any atom is -0.461 e. The molecule has 0 aliphatic heterocycles. The van der Waals surface area contributed by atoms with Crippen LogP contribution in [-0.2, 0) is 4.74 Å². The van der Waals surface area contributed by atoms with Crippen LogP contribution in [0, 0.1) is 6.92 Å². The second-order valence-corrected chi connectivity index (χ2v) is 7.87. The van der Waals surface area contributed by atoms with Crippen LogP contribution in [0.2, 0.25) is 0 Å². The molecule has 1 atom stereocenters. The molecule has 0 saturated heterocycles. The van der Waals surface area contributed by atoms with Crippen LogP contribution in [0.1, 0.15) is 80.7 Å². The van der Waals surface area contributed by atoms with Gasteiger partial charge in [0.15, 0.2) is 0 Å². The summed E-state index contributed by atoms with van der Waals surface area (Å²) >= 11 is 0. The van der Waals surface area contributed by atoms with E-state index in [1.165, 1.54) is 12.8 Å². The first-order chi connectivity index (χ1) is 13.3. The van der Waals surface area contributed by atoms with E-state index < -0.39 is 11.9 Å². The van der Waals surface area contributed by atoms with Gasteiger partial charge in [0, 0.05) is 5.56 Å².